The largest absolute Gasteiger partial charge is 0.469 e. The molecule has 0 bridgehead atoms. The number of aromatic nitrogens is 3. The number of rotatable bonds is 5. The highest BCUT2D eigenvalue weighted by Gasteiger charge is 2.42. The molecule has 0 N–H and O–H groups in total. The second-order valence-corrected chi connectivity index (χ2v) is 12.0. The Balaban J connectivity index is 1.35. The first kappa shape index (κ1) is 28.7. The molecule has 2 aromatic heterocycles. The van der Waals surface area contributed by atoms with Crippen molar-refractivity contribution >= 4 is 40.8 Å². The van der Waals surface area contributed by atoms with Gasteiger partial charge in [0.25, 0.3) is 5.91 Å². The van der Waals surface area contributed by atoms with Crippen LogP contribution in [0, 0.1) is 11.6 Å². The van der Waals surface area contributed by atoms with E-state index in [9.17, 15) is 18.4 Å². The van der Waals surface area contributed by atoms with Crippen LogP contribution >= 0.6 is 11.6 Å². The number of carbonyl (C=O) groups is 2. The van der Waals surface area contributed by atoms with Gasteiger partial charge in [-0.3, -0.25) is 9.59 Å². The number of nitrogens with zero attached hydrogens (tertiary/aromatic N) is 6. The number of halogens is 3. The minimum absolute atomic E-state index is 0.154. The number of hydrogen-bond donors (Lipinski definition) is 0. The number of methoxy groups -OCH3 is 1. The molecule has 1 amide bonds. The topological polar surface area (TPSA) is 91.8 Å². The summed E-state index contributed by atoms with van der Waals surface area (Å²) < 4.78 is 33.1. The monoisotopic (exact) mass is 584 g/mol. The molecule has 0 saturated carbocycles. The van der Waals surface area contributed by atoms with E-state index in [0.29, 0.717) is 37.7 Å². The Hall–Kier alpha value is -3.86. The summed E-state index contributed by atoms with van der Waals surface area (Å²) in [7, 11) is 1.35. The number of amides is 1. The number of esters is 1. The van der Waals surface area contributed by atoms with Crippen molar-refractivity contribution in [3.8, 4) is 0 Å². The lowest BCUT2D eigenvalue weighted by molar-refractivity contribution is -0.139. The van der Waals surface area contributed by atoms with Crippen molar-refractivity contribution < 1.29 is 23.1 Å². The maximum absolute atomic E-state index is 14.2. The summed E-state index contributed by atoms with van der Waals surface area (Å²) in [6, 6.07) is 6.05. The first-order chi connectivity index (χ1) is 19.3. The van der Waals surface area contributed by atoms with Crippen LogP contribution in [-0.2, 0) is 21.4 Å². The molecule has 2 aliphatic heterocycles. The third-order valence-electron chi connectivity index (χ3n) is 7.56. The fourth-order valence-corrected chi connectivity index (χ4v) is 5.52. The number of carbonyl (C=O) groups excluding carboxylic acids is 2. The van der Waals surface area contributed by atoms with Crippen LogP contribution in [-0.4, -0.2) is 70.6 Å². The Labute approximate surface area is 242 Å². The molecular weight excluding hydrogens is 554 g/mol. The molecule has 0 radical (unpaired) electrons. The van der Waals surface area contributed by atoms with E-state index >= 15 is 0 Å². The highest BCUT2D eigenvalue weighted by molar-refractivity contribution is 6.31. The van der Waals surface area contributed by atoms with Gasteiger partial charge >= 0.3 is 5.97 Å². The van der Waals surface area contributed by atoms with Crippen LogP contribution in [0.4, 0.5) is 26.1 Å². The summed E-state index contributed by atoms with van der Waals surface area (Å²) in [5.41, 5.74) is 0.726. The third-order valence-corrected chi connectivity index (χ3v) is 7.92. The quantitative estimate of drug-likeness (QED) is 0.315. The van der Waals surface area contributed by atoms with Crippen LogP contribution in [0.15, 0.2) is 36.7 Å². The fraction of sp³-hybridized carbons (Fsp3) is 0.414. The van der Waals surface area contributed by atoms with Crippen molar-refractivity contribution in [2.45, 2.75) is 45.1 Å². The lowest BCUT2D eigenvalue weighted by Gasteiger charge is -2.47. The van der Waals surface area contributed by atoms with E-state index in [2.05, 4.69) is 14.9 Å². The summed E-state index contributed by atoms with van der Waals surface area (Å²) in [6.07, 6.45) is 3.23. The predicted molar refractivity (Wildman–Crippen MR) is 151 cm³/mol. The average Bonchev–Trinajstić information content (AvgIpc) is 3.20. The Bertz CT molecular complexity index is 1490. The van der Waals surface area contributed by atoms with Gasteiger partial charge in [-0.1, -0.05) is 31.5 Å². The van der Waals surface area contributed by atoms with E-state index in [0.717, 1.165) is 11.4 Å². The molecular formula is C29H31ClF2N6O3. The van der Waals surface area contributed by atoms with Crippen LogP contribution in [0.25, 0.3) is 0 Å². The normalized spacial score (nSPS) is 17.4. The van der Waals surface area contributed by atoms with Crippen LogP contribution in [0.1, 0.15) is 49.4 Å². The summed E-state index contributed by atoms with van der Waals surface area (Å²) >= 11 is 5.68. The second-order valence-electron chi connectivity index (χ2n) is 11.6. The minimum atomic E-state index is -0.860. The Morgan fingerprint density at radius 3 is 2.34 bits per heavy atom. The van der Waals surface area contributed by atoms with Crippen molar-refractivity contribution in [3.05, 3.63) is 70.3 Å². The summed E-state index contributed by atoms with van der Waals surface area (Å²) in [5, 5.41) is -0.562. The van der Waals surface area contributed by atoms with Gasteiger partial charge in [0.1, 0.15) is 28.2 Å². The number of piperazine rings is 1. The van der Waals surface area contributed by atoms with Crippen LogP contribution in [0.5, 0.6) is 0 Å². The molecule has 0 unspecified atom stereocenters. The van der Waals surface area contributed by atoms with Gasteiger partial charge in [0, 0.05) is 43.5 Å². The molecule has 9 nitrogen and oxygen atoms in total. The van der Waals surface area contributed by atoms with E-state index in [1.165, 1.54) is 25.4 Å². The number of hydrogen-bond acceptors (Lipinski definition) is 8. The molecule has 1 saturated heterocycles. The van der Waals surface area contributed by atoms with Gasteiger partial charge in [0.05, 0.1) is 31.0 Å². The SMILES string of the molecule is COC(=O)Cc1ccc(N2CCN(C(=O)c3cnc4c(n3)C(C)(C)CN4c3cc(F)c(Cl)c(F)c3)C(C)(C)C2)nc1. The molecule has 216 valence electrons. The van der Waals surface area contributed by atoms with Crippen molar-refractivity contribution in [1.82, 2.24) is 19.9 Å². The number of fused-ring (bicyclic) bond motifs is 1. The van der Waals surface area contributed by atoms with Crippen molar-refractivity contribution in [1.29, 1.82) is 0 Å². The molecule has 0 atom stereocenters. The maximum atomic E-state index is 14.2. The summed E-state index contributed by atoms with van der Waals surface area (Å²) in [5.74, 6) is -1.09. The molecule has 4 heterocycles. The third kappa shape index (κ3) is 5.42. The molecule has 1 fully saturated rings. The minimum Gasteiger partial charge on any atom is -0.469 e. The van der Waals surface area contributed by atoms with Gasteiger partial charge in [-0.15, -0.1) is 0 Å². The summed E-state index contributed by atoms with van der Waals surface area (Å²) in [4.78, 5) is 44.6. The van der Waals surface area contributed by atoms with E-state index < -0.39 is 27.6 Å². The van der Waals surface area contributed by atoms with Gasteiger partial charge < -0.3 is 19.4 Å². The Morgan fingerprint density at radius 2 is 1.73 bits per heavy atom. The van der Waals surface area contributed by atoms with Crippen LogP contribution < -0.4 is 9.80 Å². The fourth-order valence-electron chi connectivity index (χ4n) is 5.41. The van der Waals surface area contributed by atoms with E-state index in [-0.39, 0.29) is 29.7 Å². The zero-order valence-corrected chi connectivity index (χ0v) is 24.3. The van der Waals surface area contributed by atoms with Gasteiger partial charge in [-0.25, -0.2) is 23.7 Å². The van der Waals surface area contributed by atoms with E-state index in [1.807, 2.05) is 39.8 Å². The van der Waals surface area contributed by atoms with Gasteiger partial charge in [0.2, 0.25) is 0 Å². The van der Waals surface area contributed by atoms with Gasteiger partial charge in [-0.2, -0.15) is 0 Å². The molecule has 41 heavy (non-hydrogen) atoms. The lowest BCUT2D eigenvalue weighted by atomic mass is 9.92. The van der Waals surface area contributed by atoms with E-state index in [4.69, 9.17) is 21.3 Å². The molecule has 3 aromatic rings. The smallest absolute Gasteiger partial charge is 0.310 e. The number of anilines is 3. The summed E-state index contributed by atoms with van der Waals surface area (Å²) in [6.45, 7) is 9.77. The molecule has 0 spiro atoms. The van der Waals surface area contributed by atoms with Gasteiger partial charge in [0.15, 0.2) is 5.82 Å². The van der Waals surface area contributed by atoms with Crippen LogP contribution in [0.3, 0.4) is 0 Å². The average molecular weight is 585 g/mol. The molecule has 5 rings (SSSR count). The number of ether oxygens (including phenoxy) is 1. The Kier molecular flexibility index (Phi) is 7.35. The zero-order valence-electron chi connectivity index (χ0n) is 23.5. The molecule has 0 aliphatic carbocycles. The van der Waals surface area contributed by atoms with Crippen molar-refractivity contribution in [2.75, 3.05) is 43.1 Å². The number of pyridine rings is 1. The Morgan fingerprint density at radius 1 is 1.02 bits per heavy atom. The number of benzene rings is 1. The lowest BCUT2D eigenvalue weighted by Crippen LogP contribution is -2.61. The second kappa shape index (κ2) is 10.5. The first-order valence-electron chi connectivity index (χ1n) is 13.2. The van der Waals surface area contributed by atoms with Crippen LogP contribution in [0.2, 0.25) is 5.02 Å². The first-order valence-corrected chi connectivity index (χ1v) is 13.6. The van der Waals surface area contributed by atoms with E-state index in [1.54, 1.807) is 16.0 Å². The van der Waals surface area contributed by atoms with Crippen molar-refractivity contribution in [2.24, 2.45) is 0 Å². The maximum Gasteiger partial charge on any atom is 0.310 e. The molecule has 12 heteroatoms. The van der Waals surface area contributed by atoms with Crippen molar-refractivity contribution in [3.63, 3.8) is 0 Å². The zero-order chi connectivity index (χ0) is 29.7. The van der Waals surface area contributed by atoms with Gasteiger partial charge in [-0.05, 0) is 37.6 Å². The molecule has 2 aliphatic rings. The molecule has 1 aromatic carbocycles. The highest BCUT2D eigenvalue weighted by atomic mass is 35.5. The highest BCUT2D eigenvalue weighted by Crippen LogP contribution is 2.43. The standard InChI is InChI=1S/C29H31ClF2N6O3/c1-28(2)15-37(18-11-19(31)24(30)20(32)12-18)26-25(28)35-21(14-34-26)27(40)38-9-8-36(16-29(38,3)4)22-7-6-17(13-33-22)10-23(39)41-5/h6-7,11-14H,8-10,15-16H2,1-5H3. The predicted octanol–water partition coefficient (Wildman–Crippen LogP) is 4.69.